The summed E-state index contributed by atoms with van der Waals surface area (Å²) in [5, 5.41) is 15.4. The molecule has 0 N–H and O–H groups in total. The Morgan fingerprint density at radius 2 is 0.868 bits per heavy atom. The molecule has 0 aliphatic carbocycles. The van der Waals surface area contributed by atoms with E-state index in [4.69, 9.17) is 51.6 Å². The lowest BCUT2D eigenvalue weighted by atomic mass is 10.1. The van der Waals surface area contributed by atoms with E-state index in [0.29, 0.717) is 68.9 Å². The van der Waals surface area contributed by atoms with Crippen molar-refractivity contribution in [1.29, 1.82) is 0 Å². The minimum atomic E-state index is -3.95. The number of sulfone groups is 4. The van der Waals surface area contributed by atoms with Crippen molar-refractivity contribution < 1.29 is 62.1 Å². The number of methoxy groups -OCH3 is 6. The molecule has 2 fully saturated rings. The molecule has 0 spiro atoms. The van der Waals surface area contributed by atoms with Crippen LogP contribution in [0.5, 0.6) is 23.0 Å². The molecule has 0 amide bonds. The molecule has 0 saturated carbocycles. The fourth-order valence-corrected chi connectivity index (χ4v) is 15.4. The molecule has 6 heterocycles. The Morgan fingerprint density at radius 1 is 0.553 bits per heavy atom. The van der Waals surface area contributed by atoms with Crippen molar-refractivity contribution in [2.45, 2.75) is 72.7 Å². The van der Waals surface area contributed by atoms with Crippen LogP contribution in [-0.2, 0) is 60.3 Å². The lowest BCUT2D eigenvalue weighted by Crippen LogP contribution is -2.30. The Balaban J connectivity index is 0.000000221. The van der Waals surface area contributed by atoms with Gasteiger partial charge in [0.15, 0.2) is 62.6 Å². The Bertz CT molecular complexity index is 3210. The third-order valence-electron chi connectivity index (χ3n) is 12.9. The zero-order valence-corrected chi connectivity index (χ0v) is 47.2. The van der Waals surface area contributed by atoms with Gasteiger partial charge in [-0.25, -0.2) is 53.6 Å². The van der Waals surface area contributed by atoms with Gasteiger partial charge < -0.3 is 28.4 Å². The molecule has 30 heteroatoms. The predicted octanol–water partition coefficient (Wildman–Crippen LogP) is 4.64. The Morgan fingerprint density at radius 3 is 1.13 bits per heavy atom. The molecule has 6 aromatic rings. The average Bonchev–Trinajstić information content (AvgIpc) is 4.21. The SMILES string of the molecule is COc1cccc(OC)c1-n1c(CS(=O)(=O)[C@@H](C)[C@H](OC)c2ncc(Cl)cn2)nnc1[C@@H]1CCS(=O)(=O)C1.COc1cccc(OC)c1-n1c(CS(=O)(=O)[C@@H](C)[C@H](OC)c2ncc(Cl)cn2)nnc1[C@H]1CCS(=O)(=O)C1. The highest BCUT2D eigenvalue weighted by Gasteiger charge is 2.40. The van der Waals surface area contributed by atoms with Gasteiger partial charge in [-0.2, -0.15) is 0 Å². The summed E-state index contributed by atoms with van der Waals surface area (Å²) in [7, 11) is -5.81. The molecule has 76 heavy (non-hydrogen) atoms. The van der Waals surface area contributed by atoms with Gasteiger partial charge in [-0.3, -0.25) is 9.13 Å². The van der Waals surface area contributed by atoms with Gasteiger partial charge in [0.2, 0.25) is 0 Å². The van der Waals surface area contributed by atoms with Crippen LogP contribution in [0.15, 0.2) is 61.2 Å². The monoisotopic (exact) mass is 1170 g/mol. The van der Waals surface area contributed by atoms with Crippen LogP contribution in [-0.4, -0.2) is 159 Å². The van der Waals surface area contributed by atoms with E-state index >= 15 is 0 Å². The van der Waals surface area contributed by atoms with Gasteiger partial charge in [0.25, 0.3) is 0 Å². The van der Waals surface area contributed by atoms with Crippen LogP contribution in [0.1, 0.15) is 85.7 Å². The van der Waals surface area contributed by atoms with Crippen LogP contribution < -0.4 is 18.9 Å². The smallest absolute Gasteiger partial charge is 0.163 e. The Labute approximate surface area is 450 Å². The maximum absolute atomic E-state index is 13.7. The normalized spacial score (nSPS) is 18.7. The zero-order chi connectivity index (χ0) is 55.3. The number of halogens is 2. The lowest BCUT2D eigenvalue weighted by Gasteiger charge is -2.22. The fourth-order valence-electron chi connectivity index (χ4n) is 8.92. The van der Waals surface area contributed by atoms with E-state index in [2.05, 4.69) is 40.3 Å². The Hall–Kier alpha value is -5.62. The van der Waals surface area contributed by atoms with Crippen molar-refractivity contribution in [3.05, 3.63) is 106 Å². The summed E-state index contributed by atoms with van der Waals surface area (Å²) in [5.74, 6) is 0.370. The topological polar surface area (TPSA) is 305 Å². The van der Waals surface area contributed by atoms with E-state index in [0.717, 1.165) is 0 Å². The molecule has 2 aliphatic heterocycles. The summed E-state index contributed by atoms with van der Waals surface area (Å²) in [6, 6.07) is 10.2. The third-order valence-corrected chi connectivity index (χ3v) is 20.9. The van der Waals surface area contributed by atoms with Crippen LogP contribution in [0, 0.1) is 0 Å². The number of nitrogens with zero attached hydrogens (tertiary/aromatic N) is 10. The standard InChI is InChI=1S/2C23H28ClN5O7S2/c2*1-14(21(36-4)22-25-10-16(24)11-26-22)38(32,33)13-19-27-28-23(15-8-9-37(30,31)12-15)29(19)20-17(34-2)6-5-7-18(20)35-3/h2*5-7,10-11,14-15,21H,8-9,12-13H2,1-4H3/t14-,15+,21-;14-,15-,21-/m00/s1. The maximum atomic E-state index is 13.7. The average molecular weight is 1170 g/mol. The third kappa shape index (κ3) is 12.7. The highest BCUT2D eigenvalue weighted by Crippen LogP contribution is 2.41. The minimum absolute atomic E-state index is 0.00879. The molecule has 2 aliphatic rings. The number of para-hydroxylation sites is 2. The summed E-state index contributed by atoms with van der Waals surface area (Å²) >= 11 is 11.8. The quantitative estimate of drug-likeness (QED) is 0.100. The second-order valence-electron chi connectivity index (χ2n) is 17.7. The van der Waals surface area contributed by atoms with Crippen molar-refractivity contribution in [3.8, 4) is 34.4 Å². The zero-order valence-electron chi connectivity index (χ0n) is 42.5. The second kappa shape index (κ2) is 24.0. The van der Waals surface area contributed by atoms with E-state index in [9.17, 15) is 33.7 Å². The molecule has 0 bridgehead atoms. The van der Waals surface area contributed by atoms with Crippen molar-refractivity contribution in [2.75, 3.05) is 65.7 Å². The first-order chi connectivity index (χ1) is 36.0. The first-order valence-electron chi connectivity index (χ1n) is 23.2. The summed E-state index contributed by atoms with van der Waals surface area (Å²) in [5.41, 5.74) is 0.757. The van der Waals surface area contributed by atoms with Crippen molar-refractivity contribution in [3.63, 3.8) is 0 Å². The lowest BCUT2D eigenvalue weighted by molar-refractivity contribution is 0.0947. The number of ether oxygens (including phenoxy) is 6. The van der Waals surface area contributed by atoms with Gasteiger partial charge in [0, 0.05) is 50.8 Å². The van der Waals surface area contributed by atoms with Gasteiger partial charge in [-0.15, -0.1) is 20.4 Å². The van der Waals surface area contributed by atoms with E-state index < -0.39 is 85.4 Å². The van der Waals surface area contributed by atoms with Crippen molar-refractivity contribution >= 4 is 62.6 Å². The molecule has 2 saturated heterocycles. The summed E-state index contributed by atoms with van der Waals surface area (Å²) in [4.78, 5) is 16.5. The van der Waals surface area contributed by atoms with E-state index in [1.807, 2.05) is 0 Å². The van der Waals surface area contributed by atoms with Crippen LogP contribution in [0.2, 0.25) is 10.0 Å². The van der Waals surface area contributed by atoms with Gasteiger partial charge in [-0.1, -0.05) is 35.3 Å². The first kappa shape index (κ1) is 58.1. The van der Waals surface area contributed by atoms with Gasteiger partial charge in [-0.05, 0) is 51.0 Å². The molecule has 4 aromatic heterocycles. The summed E-state index contributed by atoms with van der Waals surface area (Å²) in [6.07, 6.45) is 4.16. The van der Waals surface area contributed by atoms with Crippen LogP contribution in [0.4, 0.5) is 0 Å². The molecule has 24 nitrogen and oxygen atoms in total. The number of hydrogen-bond acceptors (Lipinski definition) is 22. The van der Waals surface area contributed by atoms with E-state index in [1.54, 1.807) is 36.4 Å². The summed E-state index contributed by atoms with van der Waals surface area (Å²) < 4.78 is 140. The number of aromatic nitrogens is 10. The minimum Gasteiger partial charge on any atom is -0.494 e. The highest BCUT2D eigenvalue weighted by molar-refractivity contribution is 7.92. The van der Waals surface area contributed by atoms with Crippen LogP contribution in [0.25, 0.3) is 11.4 Å². The summed E-state index contributed by atoms with van der Waals surface area (Å²) in [6.45, 7) is 2.99. The maximum Gasteiger partial charge on any atom is 0.163 e. The molecule has 0 radical (unpaired) electrons. The molecule has 8 rings (SSSR count). The highest BCUT2D eigenvalue weighted by atomic mass is 35.5. The van der Waals surface area contributed by atoms with Crippen molar-refractivity contribution in [2.24, 2.45) is 0 Å². The van der Waals surface area contributed by atoms with E-state index in [1.165, 1.54) is 90.4 Å². The Kier molecular flexibility index (Phi) is 18.3. The van der Waals surface area contributed by atoms with Crippen LogP contribution >= 0.6 is 23.2 Å². The van der Waals surface area contributed by atoms with Gasteiger partial charge >= 0.3 is 0 Å². The largest absolute Gasteiger partial charge is 0.494 e. The molecule has 0 unspecified atom stereocenters. The first-order valence-corrected chi connectivity index (χ1v) is 31.0. The second-order valence-corrected chi connectivity index (χ2v) is 27.7. The molecular weight excluding hydrogens is 1120 g/mol. The van der Waals surface area contributed by atoms with Gasteiger partial charge in [0.05, 0.1) is 72.0 Å². The predicted molar refractivity (Wildman–Crippen MR) is 279 cm³/mol. The van der Waals surface area contributed by atoms with E-state index in [-0.39, 0.29) is 46.3 Å². The molecule has 6 atom stereocenters. The van der Waals surface area contributed by atoms with Gasteiger partial charge in [0.1, 0.15) is 69.7 Å². The van der Waals surface area contributed by atoms with Crippen molar-refractivity contribution in [1.82, 2.24) is 49.5 Å². The molecule has 2 aromatic carbocycles. The number of hydrogen-bond donors (Lipinski definition) is 0. The number of rotatable bonds is 20. The molecular formula is C46H56Cl2N10O14S4. The molecule has 412 valence electrons. The van der Waals surface area contributed by atoms with Crippen LogP contribution in [0.3, 0.4) is 0 Å². The fraction of sp³-hybridized carbons (Fsp3) is 0.478. The number of benzene rings is 2.